The van der Waals surface area contributed by atoms with Crippen molar-refractivity contribution in [2.45, 2.75) is 18.9 Å². The normalized spacial score (nSPS) is 16.8. The molecule has 2 aromatic rings. The molecular weight excluding hydrogens is 340 g/mol. The fraction of sp³-hybridized carbons (Fsp3) is 0.300. The number of halogens is 2. The molecule has 1 saturated carbocycles. The van der Waals surface area contributed by atoms with Gasteiger partial charge in [0.1, 0.15) is 22.9 Å². The SMILES string of the molecule is O=C1CC(n2cc(I)c3c(Cl)ncnc32)C1. The summed E-state index contributed by atoms with van der Waals surface area (Å²) in [6.07, 6.45) is 4.64. The molecule has 2 aromatic heterocycles. The van der Waals surface area contributed by atoms with Crippen LogP contribution in [0.5, 0.6) is 0 Å². The van der Waals surface area contributed by atoms with Crippen molar-refractivity contribution in [3.05, 3.63) is 21.2 Å². The molecule has 1 fully saturated rings. The zero-order valence-electron chi connectivity index (χ0n) is 8.15. The van der Waals surface area contributed by atoms with Crippen LogP contribution < -0.4 is 0 Å². The van der Waals surface area contributed by atoms with Crippen LogP contribution in [-0.4, -0.2) is 20.3 Å². The smallest absolute Gasteiger partial charge is 0.146 e. The first-order valence-corrected chi connectivity index (χ1v) is 6.30. The predicted molar refractivity (Wildman–Crippen MR) is 68.5 cm³/mol. The Labute approximate surface area is 110 Å². The molecule has 0 aromatic carbocycles. The molecular formula is C10H7ClIN3O. The molecule has 0 bridgehead atoms. The summed E-state index contributed by atoms with van der Waals surface area (Å²) < 4.78 is 3.06. The second-order valence-corrected chi connectivity index (χ2v) is 5.37. The average molecular weight is 348 g/mol. The summed E-state index contributed by atoms with van der Waals surface area (Å²) in [6.45, 7) is 0. The Morgan fingerprint density at radius 1 is 1.44 bits per heavy atom. The maximum atomic E-state index is 11.0. The summed E-state index contributed by atoms with van der Waals surface area (Å²) in [5, 5.41) is 1.35. The van der Waals surface area contributed by atoms with Gasteiger partial charge in [-0.3, -0.25) is 4.79 Å². The van der Waals surface area contributed by atoms with Crippen LogP contribution >= 0.6 is 34.2 Å². The minimum Gasteiger partial charge on any atom is -0.327 e. The Morgan fingerprint density at radius 2 is 2.19 bits per heavy atom. The van der Waals surface area contributed by atoms with Gasteiger partial charge < -0.3 is 4.57 Å². The Balaban J connectivity index is 2.19. The van der Waals surface area contributed by atoms with Crippen LogP contribution in [0.3, 0.4) is 0 Å². The zero-order chi connectivity index (χ0) is 11.3. The van der Waals surface area contributed by atoms with E-state index in [0.29, 0.717) is 23.8 Å². The van der Waals surface area contributed by atoms with Crippen molar-refractivity contribution in [2.24, 2.45) is 0 Å². The maximum Gasteiger partial charge on any atom is 0.146 e. The van der Waals surface area contributed by atoms with Crippen molar-refractivity contribution < 1.29 is 4.79 Å². The molecule has 6 heteroatoms. The van der Waals surface area contributed by atoms with Crippen LogP contribution in [0.25, 0.3) is 11.0 Å². The van der Waals surface area contributed by atoms with Gasteiger partial charge in [0.2, 0.25) is 0 Å². The molecule has 0 unspecified atom stereocenters. The maximum absolute atomic E-state index is 11.0. The lowest BCUT2D eigenvalue weighted by molar-refractivity contribution is -0.126. The lowest BCUT2D eigenvalue weighted by Gasteiger charge is -2.26. The second-order valence-electron chi connectivity index (χ2n) is 3.85. The first-order chi connectivity index (χ1) is 7.66. The standard InChI is InChI=1S/C10H7ClIN3O/c11-9-8-7(12)3-15(5-1-6(16)2-5)10(8)14-4-13-9/h3-5H,1-2H2. The molecule has 0 aliphatic heterocycles. The van der Waals surface area contributed by atoms with E-state index in [9.17, 15) is 4.79 Å². The number of ketones is 1. The number of carbonyl (C=O) groups excluding carboxylic acids is 1. The first kappa shape index (κ1) is 10.5. The molecule has 0 spiro atoms. The quantitative estimate of drug-likeness (QED) is 0.588. The van der Waals surface area contributed by atoms with E-state index in [1.165, 1.54) is 6.33 Å². The van der Waals surface area contributed by atoms with Crippen LogP contribution in [-0.2, 0) is 4.79 Å². The lowest BCUT2D eigenvalue weighted by atomic mass is 9.91. The molecule has 82 valence electrons. The molecule has 16 heavy (non-hydrogen) atoms. The largest absolute Gasteiger partial charge is 0.327 e. The Kier molecular flexibility index (Phi) is 2.39. The number of fused-ring (bicyclic) bond motifs is 1. The van der Waals surface area contributed by atoms with Crippen molar-refractivity contribution in [3.63, 3.8) is 0 Å². The minimum atomic E-state index is 0.240. The molecule has 1 aliphatic carbocycles. The fourth-order valence-electron chi connectivity index (χ4n) is 1.95. The van der Waals surface area contributed by atoms with Gasteiger partial charge in [0.25, 0.3) is 0 Å². The second kappa shape index (κ2) is 3.66. The summed E-state index contributed by atoms with van der Waals surface area (Å²) in [6, 6.07) is 0.240. The number of hydrogen-bond donors (Lipinski definition) is 0. The summed E-state index contributed by atoms with van der Waals surface area (Å²) >= 11 is 8.25. The zero-order valence-corrected chi connectivity index (χ0v) is 11.1. The number of rotatable bonds is 1. The van der Waals surface area contributed by atoms with Crippen LogP contribution in [0.2, 0.25) is 5.15 Å². The first-order valence-electron chi connectivity index (χ1n) is 4.85. The number of hydrogen-bond acceptors (Lipinski definition) is 3. The Bertz CT molecular complexity index is 587. The van der Waals surface area contributed by atoms with Crippen molar-refractivity contribution in [3.8, 4) is 0 Å². The van der Waals surface area contributed by atoms with Gasteiger partial charge in [0.15, 0.2) is 0 Å². The van der Waals surface area contributed by atoms with E-state index in [4.69, 9.17) is 11.6 Å². The molecule has 0 amide bonds. The van der Waals surface area contributed by atoms with Gasteiger partial charge in [-0.1, -0.05) is 11.6 Å². The van der Waals surface area contributed by atoms with Crippen molar-refractivity contribution in [1.82, 2.24) is 14.5 Å². The molecule has 3 rings (SSSR count). The van der Waals surface area contributed by atoms with E-state index in [0.717, 1.165) is 14.6 Å². The van der Waals surface area contributed by atoms with Gasteiger partial charge in [0.05, 0.1) is 5.39 Å². The molecule has 0 radical (unpaired) electrons. The van der Waals surface area contributed by atoms with Gasteiger partial charge >= 0.3 is 0 Å². The fourth-order valence-corrected chi connectivity index (χ4v) is 3.13. The molecule has 0 atom stereocenters. The van der Waals surface area contributed by atoms with E-state index < -0.39 is 0 Å². The van der Waals surface area contributed by atoms with Crippen LogP contribution in [0.1, 0.15) is 18.9 Å². The molecule has 4 nitrogen and oxygen atoms in total. The van der Waals surface area contributed by atoms with E-state index in [2.05, 4.69) is 32.6 Å². The number of aromatic nitrogens is 3. The Hall–Kier alpha value is -0.690. The topological polar surface area (TPSA) is 47.8 Å². The highest BCUT2D eigenvalue weighted by Gasteiger charge is 2.30. The van der Waals surface area contributed by atoms with Gasteiger partial charge in [-0.05, 0) is 22.6 Å². The summed E-state index contributed by atoms with van der Waals surface area (Å²) in [5.41, 5.74) is 0.821. The summed E-state index contributed by atoms with van der Waals surface area (Å²) in [7, 11) is 0. The highest BCUT2D eigenvalue weighted by molar-refractivity contribution is 14.1. The van der Waals surface area contributed by atoms with Gasteiger partial charge in [-0.25, -0.2) is 9.97 Å². The molecule has 2 heterocycles. The summed E-state index contributed by atoms with van der Waals surface area (Å²) in [5.74, 6) is 0.307. The third kappa shape index (κ3) is 1.45. The van der Waals surface area contributed by atoms with E-state index in [1.54, 1.807) is 0 Å². The number of Topliss-reactive ketones (excluding diaryl/α,β-unsaturated/α-hetero) is 1. The molecule has 1 aliphatic rings. The van der Waals surface area contributed by atoms with Crippen molar-refractivity contribution in [2.75, 3.05) is 0 Å². The van der Waals surface area contributed by atoms with Crippen LogP contribution in [0.4, 0.5) is 0 Å². The van der Waals surface area contributed by atoms with E-state index >= 15 is 0 Å². The van der Waals surface area contributed by atoms with Crippen molar-refractivity contribution in [1.29, 1.82) is 0 Å². The average Bonchev–Trinajstić information content (AvgIpc) is 2.53. The third-order valence-electron chi connectivity index (χ3n) is 2.84. The Morgan fingerprint density at radius 3 is 2.88 bits per heavy atom. The number of nitrogens with zero attached hydrogens (tertiary/aromatic N) is 3. The van der Waals surface area contributed by atoms with Gasteiger partial charge in [-0.2, -0.15) is 0 Å². The van der Waals surface area contributed by atoms with Gasteiger partial charge in [-0.15, -0.1) is 0 Å². The minimum absolute atomic E-state index is 0.240. The predicted octanol–water partition coefficient (Wildman–Crippen LogP) is 2.59. The van der Waals surface area contributed by atoms with Crippen molar-refractivity contribution >= 4 is 51.0 Å². The lowest BCUT2D eigenvalue weighted by Crippen LogP contribution is -2.26. The third-order valence-corrected chi connectivity index (χ3v) is 3.94. The van der Waals surface area contributed by atoms with E-state index in [-0.39, 0.29) is 6.04 Å². The van der Waals surface area contributed by atoms with Crippen LogP contribution in [0.15, 0.2) is 12.5 Å². The molecule has 0 N–H and O–H groups in total. The molecule has 0 saturated heterocycles. The van der Waals surface area contributed by atoms with Crippen LogP contribution in [0, 0.1) is 3.57 Å². The number of carbonyl (C=O) groups is 1. The van der Waals surface area contributed by atoms with Gasteiger partial charge in [0, 0.05) is 28.7 Å². The highest BCUT2D eigenvalue weighted by Crippen LogP contribution is 2.35. The highest BCUT2D eigenvalue weighted by atomic mass is 127. The van der Waals surface area contributed by atoms with E-state index in [1.807, 2.05) is 10.8 Å². The monoisotopic (exact) mass is 347 g/mol. The summed E-state index contributed by atoms with van der Waals surface area (Å²) in [4.78, 5) is 19.2.